The van der Waals surface area contributed by atoms with E-state index in [0.29, 0.717) is 5.12 Å². The molecular formula is C9H17NOS. The van der Waals surface area contributed by atoms with Crippen LogP contribution in [-0.4, -0.2) is 24.5 Å². The monoisotopic (exact) mass is 187 g/mol. The van der Waals surface area contributed by atoms with Crippen LogP contribution >= 0.6 is 11.8 Å². The molecule has 3 heteroatoms. The molecule has 12 heavy (non-hydrogen) atoms. The van der Waals surface area contributed by atoms with Gasteiger partial charge in [-0.15, -0.1) is 0 Å². The topological polar surface area (TPSA) is 29.1 Å². The van der Waals surface area contributed by atoms with Crippen molar-refractivity contribution in [2.24, 2.45) is 5.92 Å². The Morgan fingerprint density at radius 1 is 1.67 bits per heavy atom. The number of rotatable bonds is 3. The highest BCUT2D eigenvalue weighted by Crippen LogP contribution is 2.17. The zero-order valence-corrected chi connectivity index (χ0v) is 8.45. The summed E-state index contributed by atoms with van der Waals surface area (Å²) in [5, 5.41) is 3.69. The summed E-state index contributed by atoms with van der Waals surface area (Å²) in [5.74, 6) is 0.745. The largest absolute Gasteiger partial charge is 0.316 e. The van der Waals surface area contributed by atoms with E-state index in [9.17, 15) is 4.79 Å². The fourth-order valence-corrected chi connectivity index (χ4v) is 1.92. The van der Waals surface area contributed by atoms with Gasteiger partial charge in [-0.3, -0.25) is 4.79 Å². The molecule has 0 aromatic rings. The summed E-state index contributed by atoms with van der Waals surface area (Å²) < 4.78 is 0. The van der Waals surface area contributed by atoms with Crippen molar-refractivity contribution < 1.29 is 4.79 Å². The van der Waals surface area contributed by atoms with Gasteiger partial charge in [0.2, 0.25) is 0 Å². The van der Waals surface area contributed by atoms with Crippen molar-refractivity contribution in [3.05, 3.63) is 0 Å². The van der Waals surface area contributed by atoms with E-state index >= 15 is 0 Å². The van der Waals surface area contributed by atoms with Crippen molar-refractivity contribution in [3.8, 4) is 0 Å². The van der Waals surface area contributed by atoms with Crippen LogP contribution in [0.3, 0.4) is 0 Å². The molecule has 1 aliphatic rings. The van der Waals surface area contributed by atoms with Crippen molar-refractivity contribution in [2.45, 2.75) is 25.7 Å². The van der Waals surface area contributed by atoms with Crippen LogP contribution < -0.4 is 5.32 Å². The van der Waals surface area contributed by atoms with Gasteiger partial charge in [-0.2, -0.15) is 0 Å². The average Bonchev–Trinajstić information content (AvgIpc) is 2.16. The zero-order valence-electron chi connectivity index (χ0n) is 7.64. The lowest BCUT2D eigenvalue weighted by molar-refractivity contribution is -0.111. The third-order valence-electron chi connectivity index (χ3n) is 2.38. The third-order valence-corrected chi connectivity index (χ3v) is 3.04. The SMILES string of the molecule is CSC(=O)CCC1CCCNC1. The Morgan fingerprint density at radius 3 is 3.08 bits per heavy atom. The number of piperidine rings is 1. The number of nitrogens with one attached hydrogen (secondary N) is 1. The molecule has 0 spiro atoms. The molecule has 70 valence electrons. The lowest BCUT2D eigenvalue weighted by Crippen LogP contribution is -2.29. The number of thioether (sulfide) groups is 1. The molecule has 1 aliphatic heterocycles. The lowest BCUT2D eigenvalue weighted by atomic mass is 9.95. The molecule has 1 fully saturated rings. The van der Waals surface area contributed by atoms with Gasteiger partial charge < -0.3 is 5.32 Å². The molecule has 0 amide bonds. The minimum atomic E-state index is 0.334. The van der Waals surface area contributed by atoms with Crippen molar-refractivity contribution in [1.29, 1.82) is 0 Å². The predicted molar refractivity (Wildman–Crippen MR) is 53.3 cm³/mol. The lowest BCUT2D eigenvalue weighted by Gasteiger charge is -2.21. The molecular weight excluding hydrogens is 170 g/mol. The smallest absolute Gasteiger partial charge is 0.188 e. The normalized spacial score (nSPS) is 23.9. The van der Waals surface area contributed by atoms with Gasteiger partial charge >= 0.3 is 0 Å². The zero-order chi connectivity index (χ0) is 8.81. The van der Waals surface area contributed by atoms with Crippen LogP contribution in [0.2, 0.25) is 0 Å². The third kappa shape index (κ3) is 3.59. The summed E-state index contributed by atoms with van der Waals surface area (Å²) in [7, 11) is 0. The number of carbonyl (C=O) groups excluding carboxylic acids is 1. The Kier molecular flexibility index (Phi) is 4.69. The van der Waals surface area contributed by atoms with E-state index in [4.69, 9.17) is 0 Å². The molecule has 0 saturated carbocycles. The van der Waals surface area contributed by atoms with Crippen LogP contribution in [0.4, 0.5) is 0 Å². The van der Waals surface area contributed by atoms with E-state index in [1.54, 1.807) is 0 Å². The molecule has 1 rings (SSSR count). The van der Waals surface area contributed by atoms with Crippen LogP contribution in [-0.2, 0) is 4.79 Å². The summed E-state index contributed by atoms with van der Waals surface area (Å²) in [5.41, 5.74) is 0. The molecule has 1 saturated heterocycles. The predicted octanol–water partition coefficient (Wildman–Crippen LogP) is 1.66. The molecule has 0 aromatic heterocycles. The first-order chi connectivity index (χ1) is 5.83. The maximum atomic E-state index is 11.0. The molecule has 1 unspecified atom stereocenters. The maximum absolute atomic E-state index is 11.0. The minimum absolute atomic E-state index is 0.334. The molecule has 2 nitrogen and oxygen atoms in total. The summed E-state index contributed by atoms with van der Waals surface area (Å²) in [6.07, 6.45) is 6.27. The Labute approximate surface area is 78.5 Å². The first-order valence-electron chi connectivity index (χ1n) is 4.60. The molecule has 0 bridgehead atoms. The van der Waals surface area contributed by atoms with Gasteiger partial charge in [0.25, 0.3) is 0 Å². The van der Waals surface area contributed by atoms with Gasteiger partial charge in [0.1, 0.15) is 0 Å². The van der Waals surface area contributed by atoms with Crippen LogP contribution in [0, 0.1) is 5.92 Å². The van der Waals surface area contributed by atoms with Gasteiger partial charge in [-0.25, -0.2) is 0 Å². The maximum Gasteiger partial charge on any atom is 0.188 e. The second kappa shape index (κ2) is 5.60. The second-order valence-corrected chi connectivity index (χ2v) is 4.19. The molecule has 0 aliphatic carbocycles. The van der Waals surface area contributed by atoms with E-state index < -0.39 is 0 Å². The number of hydrogen-bond donors (Lipinski definition) is 1. The van der Waals surface area contributed by atoms with Crippen molar-refractivity contribution in [2.75, 3.05) is 19.3 Å². The highest BCUT2D eigenvalue weighted by Gasteiger charge is 2.13. The highest BCUT2D eigenvalue weighted by molar-refractivity contribution is 8.13. The second-order valence-electron chi connectivity index (χ2n) is 3.33. The van der Waals surface area contributed by atoms with Gasteiger partial charge in [0.05, 0.1) is 0 Å². The average molecular weight is 187 g/mol. The summed E-state index contributed by atoms with van der Waals surface area (Å²) in [6.45, 7) is 2.27. The van der Waals surface area contributed by atoms with E-state index in [0.717, 1.165) is 31.8 Å². The Bertz CT molecular complexity index is 143. The summed E-state index contributed by atoms with van der Waals surface area (Å²) >= 11 is 1.35. The van der Waals surface area contributed by atoms with Crippen molar-refractivity contribution in [3.63, 3.8) is 0 Å². The van der Waals surface area contributed by atoms with E-state index in [2.05, 4.69) is 5.32 Å². The van der Waals surface area contributed by atoms with E-state index in [1.807, 2.05) is 6.26 Å². The molecule has 1 heterocycles. The number of hydrogen-bond acceptors (Lipinski definition) is 3. The first-order valence-corrected chi connectivity index (χ1v) is 5.83. The van der Waals surface area contributed by atoms with Gasteiger partial charge in [-0.05, 0) is 44.5 Å². The molecule has 0 aromatic carbocycles. The number of carbonyl (C=O) groups is 1. The van der Waals surface area contributed by atoms with Crippen LogP contribution in [0.15, 0.2) is 0 Å². The van der Waals surface area contributed by atoms with Gasteiger partial charge in [-0.1, -0.05) is 11.8 Å². The fourth-order valence-electron chi connectivity index (χ4n) is 1.59. The van der Waals surface area contributed by atoms with Crippen LogP contribution in [0.5, 0.6) is 0 Å². The quantitative estimate of drug-likeness (QED) is 0.728. The highest BCUT2D eigenvalue weighted by atomic mass is 32.2. The Morgan fingerprint density at radius 2 is 2.50 bits per heavy atom. The standard InChI is InChI=1S/C9H17NOS/c1-12-9(11)5-4-8-3-2-6-10-7-8/h8,10H,2-7H2,1H3. The summed E-state index contributed by atoms with van der Waals surface area (Å²) in [4.78, 5) is 11.0. The summed E-state index contributed by atoms with van der Waals surface area (Å²) in [6, 6.07) is 0. The van der Waals surface area contributed by atoms with Crippen LogP contribution in [0.25, 0.3) is 0 Å². The molecule has 1 N–H and O–H groups in total. The Balaban J connectivity index is 2.09. The van der Waals surface area contributed by atoms with Crippen molar-refractivity contribution >= 4 is 16.9 Å². The molecule has 1 atom stereocenters. The Hall–Kier alpha value is -0.0200. The van der Waals surface area contributed by atoms with E-state index in [-0.39, 0.29) is 0 Å². The van der Waals surface area contributed by atoms with E-state index in [1.165, 1.54) is 24.6 Å². The van der Waals surface area contributed by atoms with Gasteiger partial charge in [0.15, 0.2) is 5.12 Å². The van der Waals surface area contributed by atoms with Gasteiger partial charge in [0, 0.05) is 6.42 Å². The fraction of sp³-hybridized carbons (Fsp3) is 0.889. The minimum Gasteiger partial charge on any atom is -0.316 e. The molecule has 0 radical (unpaired) electrons. The van der Waals surface area contributed by atoms with Crippen LogP contribution in [0.1, 0.15) is 25.7 Å². The first kappa shape index (κ1) is 10.1. The van der Waals surface area contributed by atoms with Crippen molar-refractivity contribution in [1.82, 2.24) is 5.32 Å².